The van der Waals surface area contributed by atoms with Gasteiger partial charge < -0.3 is 15.5 Å². The Balaban J connectivity index is 1.50. The Morgan fingerprint density at radius 3 is 2.83 bits per heavy atom. The summed E-state index contributed by atoms with van der Waals surface area (Å²) in [4.78, 5) is 27.2. The van der Waals surface area contributed by atoms with Crippen LogP contribution in [0.15, 0.2) is 17.5 Å². The number of hydrogen-bond acceptors (Lipinski definition) is 3. The number of thiophene rings is 1. The smallest absolute Gasteiger partial charge is 0.315 e. The molecule has 1 aromatic rings. The van der Waals surface area contributed by atoms with Gasteiger partial charge in [0, 0.05) is 42.4 Å². The fourth-order valence-corrected chi connectivity index (χ4v) is 4.94. The normalized spacial score (nSPS) is 22.5. The molecule has 1 aromatic heterocycles. The van der Waals surface area contributed by atoms with Gasteiger partial charge in [-0.15, -0.1) is 11.3 Å². The van der Waals surface area contributed by atoms with Gasteiger partial charge in [-0.2, -0.15) is 0 Å². The first-order valence-corrected chi connectivity index (χ1v) is 9.87. The SMILES string of the molecule is CCC(=O)N1CC[C@H](NC(=O)NCC2(c3cccs3)CCCC2)C1. The number of rotatable bonds is 5. The van der Waals surface area contributed by atoms with Crippen molar-refractivity contribution in [2.45, 2.75) is 56.9 Å². The molecule has 1 saturated heterocycles. The van der Waals surface area contributed by atoms with Gasteiger partial charge in [-0.1, -0.05) is 25.8 Å². The van der Waals surface area contributed by atoms with E-state index < -0.39 is 0 Å². The maximum absolute atomic E-state index is 12.3. The Morgan fingerprint density at radius 1 is 1.38 bits per heavy atom. The van der Waals surface area contributed by atoms with Gasteiger partial charge in [0.1, 0.15) is 0 Å². The highest BCUT2D eigenvalue weighted by Gasteiger charge is 2.37. The molecule has 2 aliphatic rings. The largest absolute Gasteiger partial charge is 0.341 e. The van der Waals surface area contributed by atoms with E-state index in [0.29, 0.717) is 19.5 Å². The maximum atomic E-state index is 12.3. The summed E-state index contributed by atoms with van der Waals surface area (Å²) in [5.41, 5.74) is 0.116. The van der Waals surface area contributed by atoms with Crippen molar-refractivity contribution in [3.63, 3.8) is 0 Å². The number of nitrogens with zero attached hydrogens (tertiary/aromatic N) is 1. The van der Waals surface area contributed by atoms with Crippen molar-refractivity contribution in [3.05, 3.63) is 22.4 Å². The van der Waals surface area contributed by atoms with Crippen LogP contribution < -0.4 is 10.6 Å². The van der Waals surface area contributed by atoms with E-state index >= 15 is 0 Å². The van der Waals surface area contributed by atoms with Gasteiger partial charge in [0.25, 0.3) is 0 Å². The maximum Gasteiger partial charge on any atom is 0.315 e. The van der Waals surface area contributed by atoms with Crippen LogP contribution in [0.5, 0.6) is 0 Å². The quantitative estimate of drug-likeness (QED) is 0.859. The van der Waals surface area contributed by atoms with Crippen LogP contribution in [0.1, 0.15) is 50.3 Å². The first kappa shape index (κ1) is 17.3. The molecule has 0 spiro atoms. The van der Waals surface area contributed by atoms with E-state index in [1.165, 1.54) is 17.7 Å². The monoisotopic (exact) mass is 349 g/mol. The van der Waals surface area contributed by atoms with Crippen molar-refractivity contribution in [1.82, 2.24) is 15.5 Å². The number of hydrogen-bond donors (Lipinski definition) is 2. The molecule has 6 heteroatoms. The van der Waals surface area contributed by atoms with Gasteiger partial charge in [0.2, 0.25) is 5.91 Å². The van der Waals surface area contributed by atoms with Crippen molar-refractivity contribution in [2.75, 3.05) is 19.6 Å². The first-order chi connectivity index (χ1) is 11.6. The highest BCUT2D eigenvalue weighted by Crippen LogP contribution is 2.42. The molecule has 5 nitrogen and oxygen atoms in total. The standard InChI is InChI=1S/C18H27N3O2S/c1-2-16(22)21-10-7-14(12-21)20-17(23)19-13-18(8-3-4-9-18)15-6-5-11-24-15/h5-6,11,14H,2-4,7-10,12-13H2,1H3,(H2,19,20,23)/t14-/m0/s1. The number of nitrogens with one attached hydrogen (secondary N) is 2. The van der Waals surface area contributed by atoms with Crippen LogP contribution >= 0.6 is 11.3 Å². The lowest BCUT2D eigenvalue weighted by Gasteiger charge is -2.28. The van der Waals surface area contributed by atoms with Gasteiger partial charge in [0.05, 0.1) is 0 Å². The van der Waals surface area contributed by atoms with Gasteiger partial charge in [0.15, 0.2) is 0 Å². The Morgan fingerprint density at radius 2 is 2.17 bits per heavy atom. The topological polar surface area (TPSA) is 61.4 Å². The number of likely N-dealkylation sites (tertiary alicyclic amines) is 1. The Kier molecular flexibility index (Phi) is 5.43. The van der Waals surface area contributed by atoms with Crippen molar-refractivity contribution in [3.8, 4) is 0 Å². The molecular formula is C18H27N3O2S. The molecular weight excluding hydrogens is 322 g/mol. The second kappa shape index (κ2) is 7.55. The molecule has 1 aliphatic heterocycles. The van der Waals surface area contributed by atoms with E-state index in [2.05, 4.69) is 28.1 Å². The zero-order valence-corrected chi connectivity index (χ0v) is 15.2. The molecule has 24 heavy (non-hydrogen) atoms. The number of carbonyl (C=O) groups is 2. The minimum Gasteiger partial charge on any atom is -0.341 e. The van der Waals surface area contributed by atoms with Crippen LogP contribution in [-0.2, 0) is 10.2 Å². The van der Waals surface area contributed by atoms with Crippen LogP contribution in [-0.4, -0.2) is 42.5 Å². The third kappa shape index (κ3) is 3.74. The fraction of sp³-hybridized carbons (Fsp3) is 0.667. The average Bonchev–Trinajstić information content (AvgIpc) is 3.32. The van der Waals surface area contributed by atoms with E-state index in [4.69, 9.17) is 0 Å². The average molecular weight is 350 g/mol. The van der Waals surface area contributed by atoms with E-state index in [1.54, 1.807) is 11.3 Å². The van der Waals surface area contributed by atoms with Crippen molar-refractivity contribution < 1.29 is 9.59 Å². The summed E-state index contributed by atoms with van der Waals surface area (Å²) in [5, 5.41) is 8.24. The van der Waals surface area contributed by atoms with Crippen LogP contribution in [0, 0.1) is 0 Å². The number of urea groups is 1. The predicted molar refractivity (Wildman–Crippen MR) is 96.3 cm³/mol. The summed E-state index contributed by atoms with van der Waals surface area (Å²) in [7, 11) is 0. The number of carbonyl (C=O) groups excluding carboxylic acids is 2. The van der Waals surface area contributed by atoms with E-state index in [1.807, 2.05) is 11.8 Å². The third-order valence-electron chi connectivity index (χ3n) is 5.37. The summed E-state index contributed by atoms with van der Waals surface area (Å²) in [6, 6.07) is 4.26. The zero-order chi connectivity index (χ0) is 17.0. The van der Waals surface area contributed by atoms with Crippen LogP contribution in [0.4, 0.5) is 4.79 Å². The summed E-state index contributed by atoms with van der Waals surface area (Å²) in [6.45, 7) is 3.96. The van der Waals surface area contributed by atoms with E-state index in [-0.39, 0.29) is 23.4 Å². The molecule has 0 radical (unpaired) electrons. The molecule has 3 rings (SSSR count). The molecule has 1 aliphatic carbocycles. The second-order valence-corrected chi connectivity index (χ2v) is 7.92. The Bertz CT molecular complexity index is 567. The molecule has 1 atom stereocenters. The number of amides is 3. The summed E-state index contributed by atoms with van der Waals surface area (Å²) >= 11 is 1.79. The lowest BCUT2D eigenvalue weighted by atomic mass is 9.84. The highest BCUT2D eigenvalue weighted by atomic mass is 32.1. The van der Waals surface area contributed by atoms with Crippen molar-refractivity contribution in [1.29, 1.82) is 0 Å². The molecule has 1 saturated carbocycles. The van der Waals surface area contributed by atoms with E-state index in [9.17, 15) is 9.59 Å². The molecule has 3 amide bonds. The van der Waals surface area contributed by atoms with Gasteiger partial charge in [-0.25, -0.2) is 4.79 Å². The van der Waals surface area contributed by atoms with Gasteiger partial charge >= 0.3 is 6.03 Å². The summed E-state index contributed by atoms with van der Waals surface area (Å²) < 4.78 is 0. The Labute approximate surface area is 147 Å². The van der Waals surface area contributed by atoms with E-state index in [0.717, 1.165) is 25.8 Å². The second-order valence-electron chi connectivity index (χ2n) is 6.97. The lowest BCUT2D eigenvalue weighted by Crippen LogP contribution is -2.47. The predicted octanol–water partition coefficient (Wildman–Crippen LogP) is 2.87. The molecule has 0 bridgehead atoms. The molecule has 132 valence electrons. The highest BCUT2D eigenvalue weighted by molar-refractivity contribution is 7.10. The summed E-state index contributed by atoms with van der Waals surface area (Å²) in [5.74, 6) is 0.169. The molecule has 2 N–H and O–H groups in total. The van der Waals surface area contributed by atoms with Gasteiger partial charge in [-0.3, -0.25) is 4.79 Å². The van der Waals surface area contributed by atoms with Crippen LogP contribution in [0.25, 0.3) is 0 Å². The lowest BCUT2D eigenvalue weighted by molar-refractivity contribution is -0.129. The molecule has 0 unspecified atom stereocenters. The Hall–Kier alpha value is -1.56. The van der Waals surface area contributed by atoms with Crippen molar-refractivity contribution in [2.24, 2.45) is 0 Å². The van der Waals surface area contributed by atoms with Crippen LogP contribution in [0.3, 0.4) is 0 Å². The minimum absolute atomic E-state index is 0.0711. The van der Waals surface area contributed by atoms with Crippen LogP contribution in [0.2, 0.25) is 0 Å². The molecule has 0 aromatic carbocycles. The fourth-order valence-electron chi connectivity index (χ4n) is 3.96. The van der Waals surface area contributed by atoms with Gasteiger partial charge in [-0.05, 0) is 30.7 Å². The minimum atomic E-state index is -0.103. The summed E-state index contributed by atoms with van der Waals surface area (Å²) in [6.07, 6.45) is 6.14. The molecule has 2 fully saturated rings. The zero-order valence-electron chi connectivity index (χ0n) is 14.3. The van der Waals surface area contributed by atoms with Crippen molar-refractivity contribution >= 4 is 23.3 Å². The first-order valence-electron chi connectivity index (χ1n) is 8.99. The third-order valence-corrected chi connectivity index (χ3v) is 6.49. The molecule has 2 heterocycles.